The molecular weight excluding hydrogens is 367 g/mol. The van der Waals surface area contributed by atoms with Gasteiger partial charge < -0.3 is 10.6 Å². The lowest BCUT2D eigenvalue weighted by atomic mass is 10.1. The largest absolute Gasteiger partial charge is 0.418 e. The highest BCUT2D eigenvalue weighted by atomic mass is 35.5. The molecule has 4 nitrogen and oxygen atoms in total. The van der Waals surface area contributed by atoms with Crippen LogP contribution >= 0.6 is 11.6 Å². The third-order valence-corrected chi connectivity index (χ3v) is 3.87. The predicted octanol–water partition coefficient (Wildman–Crippen LogP) is 4.96. The molecule has 1 aromatic heterocycles. The van der Waals surface area contributed by atoms with Crippen molar-refractivity contribution < 1.29 is 18.0 Å². The van der Waals surface area contributed by atoms with Crippen molar-refractivity contribution in [3.8, 4) is 0 Å². The molecule has 1 amide bonds. The molecular formula is C18H13ClF3N3O. The zero-order valence-corrected chi connectivity index (χ0v) is 14.0. The number of pyridine rings is 1. The van der Waals surface area contributed by atoms with Gasteiger partial charge in [0.05, 0.1) is 29.0 Å². The lowest BCUT2D eigenvalue weighted by Gasteiger charge is -2.15. The van der Waals surface area contributed by atoms with Gasteiger partial charge in [0.15, 0.2) is 0 Å². The van der Waals surface area contributed by atoms with Crippen LogP contribution < -0.4 is 10.6 Å². The van der Waals surface area contributed by atoms with E-state index in [1.165, 1.54) is 6.07 Å². The van der Waals surface area contributed by atoms with E-state index in [0.29, 0.717) is 11.2 Å². The molecule has 134 valence electrons. The summed E-state index contributed by atoms with van der Waals surface area (Å²) in [6.07, 6.45) is -3.00. The van der Waals surface area contributed by atoms with Crippen LogP contribution in [0.3, 0.4) is 0 Å². The number of fused-ring (bicyclic) bond motifs is 1. The first-order valence-corrected chi connectivity index (χ1v) is 7.96. The number of nitrogens with one attached hydrogen (secondary N) is 2. The van der Waals surface area contributed by atoms with Crippen LogP contribution in [0.1, 0.15) is 5.56 Å². The number of hydrogen-bond donors (Lipinski definition) is 2. The summed E-state index contributed by atoms with van der Waals surface area (Å²) in [5, 5.41) is 5.98. The van der Waals surface area contributed by atoms with Crippen molar-refractivity contribution in [2.75, 3.05) is 17.2 Å². The summed E-state index contributed by atoms with van der Waals surface area (Å²) >= 11 is 5.62. The molecule has 1 heterocycles. The first-order chi connectivity index (χ1) is 12.3. The van der Waals surface area contributed by atoms with Crippen molar-refractivity contribution >= 4 is 39.8 Å². The van der Waals surface area contributed by atoms with Crippen LogP contribution in [0.5, 0.6) is 0 Å². The standard InChI is InChI=1S/C18H13ClF3N3O/c19-12-6-7-14(13(9-12)18(20,21)22)25-16(26)10-24-15-5-1-3-11-4-2-8-23-17(11)15/h1-9,24H,10H2,(H,25,26). The molecule has 0 aliphatic heterocycles. The number of para-hydroxylation sites is 1. The number of halogens is 4. The monoisotopic (exact) mass is 379 g/mol. The van der Waals surface area contributed by atoms with Crippen molar-refractivity contribution in [3.05, 3.63) is 65.3 Å². The molecule has 26 heavy (non-hydrogen) atoms. The van der Waals surface area contributed by atoms with Gasteiger partial charge in [-0.15, -0.1) is 0 Å². The third kappa shape index (κ3) is 4.05. The van der Waals surface area contributed by atoms with E-state index in [2.05, 4.69) is 15.6 Å². The lowest BCUT2D eigenvalue weighted by molar-refractivity contribution is -0.137. The molecule has 0 fully saturated rings. The molecule has 0 saturated heterocycles. The van der Waals surface area contributed by atoms with Crippen LogP contribution in [0.15, 0.2) is 54.7 Å². The van der Waals surface area contributed by atoms with Crippen LogP contribution in [-0.4, -0.2) is 17.4 Å². The first-order valence-electron chi connectivity index (χ1n) is 7.59. The van der Waals surface area contributed by atoms with E-state index in [1.54, 1.807) is 24.4 Å². The first kappa shape index (κ1) is 18.0. The van der Waals surface area contributed by atoms with Gasteiger partial charge in [-0.3, -0.25) is 9.78 Å². The molecule has 3 rings (SSSR count). The van der Waals surface area contributed by atoms with Crippen molar-refractivity contribution in [2.45, 2.75) is 6.18 Å². The molecule has 0 bridgehead atoms. The maximum absolute atomic E-state index is 13.1. The maximum atomic E-state index is 13.1. The predicted molar refractivity (Wildman–Crippen MR) is 95.3 cm³/mol. The van der Waals surface area contributed by atoms with Gasteiger partial charge in [0, 0.05) is 16.6 Å². The normalized spacial score (nSPS) is 11.4. The Labute approximate surface area is 152 Å². The Hall–Kier alpha value is -2.80. The Kier molecular flexibility index (Phi) is 4.99. The Balaban J connectivity index is 1.74. The molecule has 0 aliphatic carbocycles. The zero-order valence-electron chi connectivity index (χ0n) is 13.3. The second-order valence-corrected chi connectivity index (χ2v) is 5.91. The second-order valence-electron chi connectivity index (χ2n) is 5.47. The number of nitrogens with zero attached hydrogens (tertiary/aromatic N) is 1. The van der Waals surface area contributed by atoms with Crippen LogP contribution in [0.25, 0.3) is 10.9 Å². The van der Waals surface area contributed by atoms with Crippen LogP contribution in [0, 0.1) is 0 Å². The Morgan fingerprint density at radius 1 is 1.08 bits per heavy atom. The summed E-state index contributed by atoms with van der Waals surface area (Å²) in [6, 6.07) is 12.3. The summed E-state index contributed by atoms with van der Waals surface area (Å²) < 4.78 is 39.2. The average molecular weight is 380 g/mol. The minimum atomic E-state index is -4.62. The number of carbonyl (C=O) groups excluding carboxylic acids is 1. The van der Waals surface area contributed by atoms with E-state index in [0.717, 1.165) is 17.5 Å². The van der Waals surface area contributed by atoms with Crippen molar-refractivity contribution in [1.29, 1.82) is 0 Å². The Bertz CT molecular complexity index is 955. The van der Waals surface area contributed by atoms with Crippen molar-refractivity contribution in [3.63, 3.8) is 0 Å². The van der Waals surface area contributed by atoms with Crippen molar-refractivity contribution in [2.24, 2.45) is 0 Å². The molecule has 3 aromatic rings. The van der Waals surface area contributed by atoms with Gasteiger partial charge in [0.1, 0.15) is 0 Å². The van der Waals surface area contributed by atoms with Gasteiger partial charge in [-0.05, 0) is 30.3 Å². The quantitative estimate of drug-likeness (QED) is 0.673. The summed E-state index contributed by atoms with van der Waals surface area (Å²) in [7, 11) is 0. The Morgan fingerprint density at radius 3 is 2.62 bits per heavy atom. The molecule has 0 radical (unpaired) electrons. The summed E-state index contributed by atoms with van der Waals surface area (Å²) in [4.78, 5) is 16.3. The minimum absolute atomic E-state index is 0.0599. The average Bonchev–Trinajstić information content (AvgIpc) is 2.60. The molecule has 0 aliphatic rings. The van der Waals surface area contributed by atoms with Gasteiger partial charge in [-0.2, -0.15) is 13.2 Å². The number of anilines is 2. The minimum Gasteiger partial charge on any atom is -0.374 e. The summed E-state index contributed by atoms with van der Waals surface area (Å²) in [6.45, 7) is -0.213. The number of benzene rings is 2. The number of alkyl halides is 3. The second kappa shape index (κ2) is 7.21. The van der Waals surface area contributed by atoms with Crippen LogP contribution in [0.4, 0.5) is 24.5 Å². The smallest absolute Gasteiger partial charge is 0.374 e. The number of aromatic nitrogens is 1. The van der Waals surface area contributed by atoms with Crippen LogP contribution in [-0.2, 0) is 11.0 Å². The summed E-state index contributed by atoms with van der Waals surface area (Å²) in [5.74, 6) is -0.620. The van der Waals surface area contributed by atoms with Gasteiger partial charge in [-0.25, -0.2) is 0 Å². The topological polar surface area (TPSA) is 54.0 Å². The highest BCUT2D eigenvalue weighted by Crippen LogP contribution is 2.36. The highest BCUT2D eigenvalue weighted by Gasteiger charge is 2.34. The van der Waals surface area contributed by atoms with E-state index in [-0.39, 0.29) is 17.3 Å². The third-order valence-electron chi connectivity index (χ3n) is 3.63. The van der Waals surface area contributed by atoms with E-state index in [9.17, 15) is 18.0 Å². The van der Waals surface area contributed by atoms with E-state index in [1.807, 2.05) is 12.1 Å². The molecule has 0 atom stereocenters. The van der Waals surface area contributed by atoms with E-state index < -0.39 is 17.6 Å². The maximum Gasteiger partial charge on any atom is 0.418 e. The number of hydrogen-bond acceptors (Lipinski definition) is 3. The zero-order chi connectivity index (χ0) is 18.7. The SMILES string of the molecule is O=C(CNc1cccc2cccnc12)Nc1ccc(Cl)cc1C(F)(F)F. The fraction of sp³-hybridized carbons (Fsp3) is 0.111. The molecule has 2 N–H and O–H groups in total. The molecule has 2 aromatic carbocycles. The fourth-order valence-corrected chi connectivity index (χ4v) is 2.65. The van der Waals surface area contributed by atoms with Gasteiger partial charge in [-0.1, -0.05) is 29.8 Å². The molecule has 0 spiro atoms. The summed E-state index contributed by atoms with van der Waals surface area (Å²) in [5.41, 5.74) is -0.0504. The van der Waals surface area contributed by atoms with Gasteiger partial charge in [0.2, 0.25) is 5.91 Å². The molecule has 0 saturated carbocycles. The number of carbonyl (C=O) groups is 1. The van der Waals surface area contributed by atoms with Gasteiger partial charge >= 0.3 is 6.18 Å². The van der Waals surface area contributed by atoms with Crippen LogP contribution in [0.2, 0.25) is 5.02 Å². The Morgan fingerprint density at radius 2 is 1.85 bits per heavy atom. The van der Waals surface area contributed by atoms with Crippen molar-refractivity contribution in [1.82, 2.24) is 4.98 Å². The highest BCUT2D eigenvalue weighted by molar-refractivity contribution is 6.30. The number of amides is 1. The van der Waals surface area contributed by atoms with E-state index in [4.69, 9.17) is 11.6 Å². The molecule has 8 heteroatoms. The van der Waals surface area contributed by atoms with Gasteiger partial charge in [0.25, 0.3) is 0 Å². The number of rotatable bonds is 4. The lowest BCUT2D eigenvalue weighted by Crippen LogP contribution is -2.23. The fourth-order valence-electron chi connectivity index (χ4n) is 2.48. The molecule has 0 unspecified atom stereocenters. The van der Waals surface area contributed by atoms with E-state index >= 15 is 0 Å².